The maximum Gasteiger partial charge on any atom is 0.224 e. The molecular formula is C16H19ClN4O. The normalized spacial score (nSPS) is 18.3. The van der Waals surface area contributed by atoms with Gasteiger partial charge in [-0.1, -0.05) is 11.6 Å². The number of halogens is 1. The number of anilines is 1. The van der Waals surface area contributed by atoms with Crippen molar-refractivity contribution in [3.8, 4) is 11.6 Å². The lowest BCUT2D eigenvalue weighted by molar-refractivity contribution is 0.457. The first-order valence-corrected chi connectivity index (χ1v) is 7.74. The standard InChI is InChI=1S/C16H19ClN4O/c1-11-7-13(3-4-14(11)17)22-16-8-15(19-10-20-16)21-6-5-18-12(2)9-21/h3-4,7-8,10,12,18H,5-6,9H2,1-2H3. The van der Waals surface area contributed by atoms with Crippen molar-refractivity contribution in [2.24, 2.45) is 0 Å². The van der Waals surface area contributed by atoms with Gasteiger partial charge in [0.15, 0.2) is 0 Å². The summed E-state index contributed by atoms with van der Waals surface area (Å²) < 4.78 is 5.82. The summed E-state index contributed by atoms with van der Waals surface area (Å²) in [5.41, 5.74) is 0.976. The first-order chi connectivity index (χ1) is 10.6. The molecule has 1 atom stereocenters. The number of hydrogen-bond donors (Lipinski definition) is 1. The molecule has 1 N–H and O–H groups in total. The number of piperazine rings is 1. The van der Waals surface area contributed by atoms with E-state index in [0.29, 0.717) is 11.9 Å². The van der Waals surface area contributed by atoms with Crippen LogP contribution in [0.2, 0.25) is 5.02 Å². The average molecular weight is 319 g/mol. The van der Waals surface area contributed by atoms with Crippen molar-refractivity contribution in [2.75, 3.05) is 24.5 Å². The molecule has 0 saturated carbocycles. The van der Waals surface area contributed by atoms with Crippen LogP contribution in [0.5, 0.6) is 11.6 Å². The van der Waals surface area contributed by atoms with Crippen LogP contribution in [0.1, 0.15) is 12.5 Å². The average Bonchev–Trinajstić information content (AvgIpc) is 2.51. The van der Waals surface area contributed by atoms with Crippen LogP contribution in [0.25, 0.3) is 0 Å². The summed E-state index contributed by atoms with van der Waals surface area (Å²) >= 11 is 6.03. The SMILES string of the molecule is Cc1cc(Oc2cc(N3CCNC(C)C3)ncn2)ccc1Cl. The van der Waals surface area contributed by atoms with E-state index in [2.05, 4.69) is 27.1 Å². The lowest BCUT2D eigenvalue weighted by atomic mass is 10.2. The summed E-state index contributed by atoms with van der Waals surface area (Å²) in [6, 6.07) is 7.89. The van der Waals surface area contributed by atoms with Crippen LogP contribution in [0, 0.1) is 6.92 Å². The second kappa shape index (κ2) is 6.50. The Labute approximate surface area is 135 Å². The van der Waals surface area contributed by atoms with Crippen molar-refractivity contribution in [3.63, 3.8) is 0 Å². The van der Waals surface area contributed by atoms with Crippen LogP contribution in [-0.2, 0) is 0 Å². The number of hydrogen-bond acceptors (Lipinski definition) is 5. The van der Waals surface area contributed by atoms with Gasteiger partial charge in [0.05, 0.1) is 0 Å². The van der Waals surface area contributed by atoms with E-state index >= 15 is 0 Å². The largest absolute Gasteiger partial charge is 0.439 e. The Morgan fingerprint density at radius 2 is 2.18 bits per heavy atom. The van der Waals surface area contributed by atoms with Gasteiger partial charge in [0.25, 0.3) is 0 Å². The van der Waals surface area contributed by atoms with Crippen LogP contribution in [0.15, 0.2) is 30.6 Å². The molecule has 116 valence electrons. The highest BCUT2D eigenvalue weighted by atomic mass is 35.5. The summed E-state index contributed by atoms with van der Waals surface area (Å²) in [4.78, 5) is 10.8. The molecule has 6 heteroatoms. The molecule has 1 fully saturated rings. The van der Waals surface area contributed by atoms with E-state index in [1.165, 1.54) is 0 Å². The fourth-order valence-corrected chi connectivity index (χ4v) is 2.62. The summed E-state index contributed by atoms with van der Waals surface area (Å²) in [7, 11) is 0. The van der Waals surface area contributed by atoms with E-state index in [0.717, 1.165) is 41.8 Å². The summed E-state index contributed by atoms with van der Waals surface area (Å²) in [6.45, 7) is 6.93. The molecule has 1 aliphatic heterocycles. The van der Waals surface area contributed by atoms with E-state index in [1.54, 1.807) is 6.33 Å². The van der Waals surface area contributed by atoms with Crippen LogP contribution in [-0.4, -0.2) is 35.6 Å². The molecule has 1 aliphatic rings. The number of aromatic nitrogens is 2. The van der Waals surface area contributed by atoms with Crippen LogP contribution in [0.3, 0.4) is 0 Å². The van der Waals surface area contributed by atoms with Crippen LogP contribution in [0.4, 0.5) is 5.82 Å². The van der Waals surface area contributed by atoms with E-state index in [-0.39, 0.29) is 0 Å². The molecule has 1 unspecified atom stereocenters. The van der Waals surface area contributed by atoms with Gasteiger partial charge in [0, 0.05) is 36.8 Å². The van der Waals surface area contributed by atoms with Crippen molar-refractivity contribution < 1.29 is 4.74 Å². The molecule has 3 rings (SSSR count). The van der Waals surface area contributed by atoms with Crippen molar-refractivity contribution in [3.05, 3.63) is 41.2 Å². The minimum Gasteiger partial charge on any atom is -0.439 e. The molecule has 0 aliphatic carbocycles. The second-order valence-corrected chi connectivity index (χ2v) is 5.94. The molecule has 0 spiro atoms. The first-order valence-electron chi connectivity index (χ1n) is 7.36. The van der Waals surface area contributed by atoms with Gasteiger partial charge >= 0.3 is 0 Å². The third-order valence-corrected chi connectivity index (χ3v) is 4.10. The predicted molar refractivity (Wildman–Crippen MR) is 88.0 cm³/mol. The molecule has 2 heterocycles. The highest BCUT2D eigenvalue weighted by molar-refractivity contribution is 6.31. The lowest BCUT2D eigenvalue weighted by Crippen LogP contribution is -2.49. The van der Waals surface area contributed by atoms with Crippen molar-refractivity contribution >= 4 is 17.4 Å². The van der Waals surface area contributed by atoms with Gasteiger partial charge in [-0.2, -0.15) is 0 Å². The second-order valence-electron chi connectivity index (χ2n) is 5.53. The zero-order chi connectivity index (χ0) is 15.5. The van der Waals surface area contributed by atoms with E-state index in [1.807, 2.05) is 31.2 Å². The Morgan fingerprint density at radius 1 is 1.32 bits per heavy atom. The maximum absolute atomic E-state index is 6.03. The summed E-state index contributed by atoms with van der Waals surface area (Å²) in [6.07, 6.45) is 1.54. The molecule has 1 aromatic carbocycles. The fraction of sp³-hybridized carbons (Fsp3) is 0.375. The molecule has 5 nitrogen and oxygen atoms in total. The van der Waals surface area contributed by atoms with Crippen LogP contribution < -0.4 is 15.0 Å². The number of ether oxygens (including phenoxy) is 1. The quantitative estimate of drug-likeness (QED) is 0.942. The molecular weight excluding hydrogens is 300 g/mol. The molecule has 1 aromatic heterocycles. The Kier molecular flexibility index (Phi) is 4.45. The smallest absolute Gasteiger partial charge is 0.224 e. The first kappa shape index (κ1) is 15.1. The number of rotatable bonds is 3. The monoisotopic (exact) mass is 318 g/mol. The molecule has 0 bridgehead atoms. The predicted octanol–water partition coefficient (Wildman–Crippen LogP) is 3.03. The zero-order valence-corrected chi connectivity index (χ0v) is 13.5. The van der Waals surface area contributed by atoms with Crippen molar-refractivity contribution in [2.45, 2.75) is 19.9 Å². The van der Waals surface area contributed by atoms with Gasteiger partial charge in [-0.05, 0) is 37.6 Å². The molecule has 2 aromatic rings. The van der Waals surface area contributed by atoms with E-state index < -0.39 is 0 Å². The molecule has 0 amide bonds. The number of aryl methyl sites for hydroxylation is 1. The van der Waals surface area contributed by atoms with Crippen molar-refractivity contribution in [1.82, 2.24) is 15.3 Å². The molecule has 22 heavy (non-hydrogen) atoms. The third kappa shape index (κ3) is 3.48. The highest BCUT2D eigenvalue weighted by Crippen LogP contribution is 2.26. The van der Waals surface area contributed by atoms with Gasteiger partial charge in [-0.3, -0.25) is 0 Å². The minimum atomic E-state index is 0.451. The van der Waals surface area contributed by atoms with Gasteiger partial charge in [0.1, 0.15) is 17.9 Å². The zero-order valence-electron chi connectivity index (χ0n) is 12.7. The third-order valence-electron chi connectivity index (χ3n) is 3.67. The topological polar surface area (TPSA) is 50.3 Å². The number of nitrogens with zero attached hydrogens (tertiary/aromatic N) is 3. The van der Waals surface area contributed by atoms with Crippen molar-refractivity contribution in [1.29, 1.82) is 0 Å². The fourth-order valence-electron chi connectivity index (χ4n) is 2.50. The summed E-state index contributed by atoms with van der Waals surface area (Å²) in [5, 5.41) is 4.15. The van der Waals surface area contributed by atoms with E-state index in [9.17, 15) is 0 Å². The maximum atomic E-state index is 6.03. The van der Waals surface area contributed by atoms with Crippen LogP contribution >= 0.6 is 11.6 Å². The Balaban J connectivity index is 1.77. The van der Waals surface area contributed by atoms with Gasteiger partial charge in [-0.25, -0.2) is 9.97 Å². The van der Waals surface area contributed by atoms with Gasteiger partial charge in [0.2, 0.25) is 5.88 Å². The Morgan fingerprint density at radius 3 is 2.95 bits per heavy atom. The van der Waals surface area contributed by atoms with E-state index in [4.69, 9.17) is 16.3 Å². The Bertz CT molecular complexity index is 664. The minimum absolute atomic E-state index is 0.451. The van der Waals surface area contributed by atoms with Gasteiger partial charge in [-0.15, -0.1) is 0 Å². The Hall–Kier alpha value is -1.85. The van der Waals surface area contributed by atoms with Gasteiger partial charge < -0.3 is 15.0 Å². The highest BCUT2D eigenvalue weighted by Gasteiger charge is 2.17. The summed E-state index contributed by atoms with van der Waals surface area (Å²) in [5.74, 6) is 2.15. The number of nitrogens with one attached hydrogen (secondary N) is 1. The number of benzene rings is 1. The molecule has 0 radical (unpaired) electrons. The molecule has 1 saturated heterocycles. The lowest BCUT2D eigenvalue weighted by Gasteiger charge is -2.32.